The van der Waals surface area contributed by atoms with Gasteiger partial charge in [-0.05, 0) is 30.5 Å². The van der Waals surface area contributed by atoms with Crippen LogP contribution in [0.3, 0.4) is 0 Å². The number of benzene rings is 1. The lowest BCUT2D eigenvalue weighted by atomic mass is 9.83. The van der Waals surface area contributed by atoms with Gasteiger partial charge in [-0.25, -0.2) is 0 Å². The van der Waals surface area contributed by atoms with Gasteiger partial charge in [0.15, 0.2) is 5.78 Å². The summed E-state index contributed by atoms with van der Waals surface area (Å²) in [5.74, 6) is 0.0475. The van der Waals surface area contributed by atoms with Gasteiger partial charge in [-0.1, -0.05) is 32.9 Å². The summed E-state index contributed by atoms with van der Waals surface area (Å²) in [6.07, 6.45) is 0. The van der Waals surface area contributed by atoms with Crippen molar-refractivity contribution < 1.29 is 9.90 Å². The maximum Gasteiger partial charge on any atom is 0.180 e. The second-order valence-corrected chi connectivity index (χ2v) is 5.36. The Morgan fingerprint density at radius 3 is 2.41 bits per heavy atom. The minimum Gasteiger partial charge on any atom is -0.507 e. The molecule has 1 aromatic rings. The van der Waals surface area contributed by atoms with E-state index in [4.69, 9.17) is 0 Å². The standard InChI is InChI=1S/C14H21NO2/c1-9-6-7-10(14(2,3)4)13(17)12(9)11(16)8-15-5/h6-7,15,17H,8H2,1-5H3. The second kappa shape index (κ2) is 4.88. The third-order valence-corrected chi connectivity index (χ3v) is 2.81. The molecule has 0 aliphatic heterocycles. The number of rotatable bonds is 3. The average Bonchev–Trinajstić information content (AvgIpc) is 2.15. The fourth-order valence-electron chi connectivity index (χ4n) is 1.90. The number of carbonyl (C=O) groups is 1. The van der Waals surface area contributed by atoms with E-state index in [2.05, 4.69) is 5.32 Å². The molecule has 0 aliphatic carbocycles. The van der Waals surface area contributed by atoms with Crippen LogP contribution in [0.5, 0.6) is 5.75 Å². The maximum atomic E-state index is 11.9. The number of carbonyl (C=O) groups excluding carboxylic acids is 1. The number of Topliss-reactive ketones (excluding diaryl/α,β-unsaturated/α-hetero) is 1. The van der Waals surface area contributed by atoms with Crippen molar-refractivity contribution in [1.82, 2.24) is 5.32 Å². The first kappa shape index (κ1) is 13.7. The number of hydrogen-bond acceptors (Lipinski definition) is 3. The fourth-order valence-corrected chi connectivity index (χ4v) is 1.90. The molecule has 0 saturated carbocycles. The Kier molecular flexibility index (Phi) is 3.94. The van der Waals surface area contributed by atoms with E-state index in [0.29, 0.717) is 5.56 Å². The molecule has 17 heavy (non-hydrogen) atoms. The Balaban J connectivity index is 3.35. The number of aromatic hydroxyl groups is 1. The summed E-state index contributed by atoms with van der Waals surface area (Å²) < 4.78 is 0. The summed E-state index contributed by atoms with van der Waals surface area (Å²) in [6.45, 7) is 8.13. The normalized spacial score (nSPS) is 11.6. The highest BCUT2D eigenvalue weighted by Crippen LogP contribution is 2.34. The van der Waals surface area contributed by atoms with Crippen molar-refractivity contribution in [2.24, 2.45) is 0 Å². The van der Waals surface area contributed by atoms with Gasteiger partial charge in [0, 0.05) is 0 Å². The van der Waals surface area contributed by atoms with Gasteiger partial charge in [-0.2, -0.15) is 0 Å². The summed E-state index contributed by atoms with van der Waals surface area (Å²) in [5, 5.41) is 13.1. The number of hydrogen-bond donors (Lipinski definition) is 2. The van der Waals surface area contributed by atoms with Gasteiger partial charge in [0.25, 0.3) is 0 Å². The third kappa shape index (κ3) is 2.86. The minimum atomic E-state index is -0.174. The van der Waals surface area contributed by atoms with E-state index in [-0.39, 0.29) is 23.5 Å². The molecule has 0 saturated heterocycles. The number of likely N-dealkylation sites (N-methyl/N-ethyl adjacent to an activating group) is 1. The van der Waals surface area contributed by atoms with E-state index in [1.165, 1.54) is 0 Å². The molecule has 0 fully saturated rings. The molecule has 0 spiro atoms. The van der Waals surface area contributed by atoms with Crippen LogP contribution in [0.25, 0.3) is 0 Å². The quantitative estimate of drug-likeness (QED) is 0.791. The zero-order valence-corrected chi connectivity index (χ0v) is 11.2. The van der Waals surface area contributed by atoms with Crippen molar-refractivity contribution in [3.63, 3.8) is 0 Å². The smallest absolute Gasteiger partial charge is 0.180 e. The van der Waals surface area contributed by atoms with Crippen molar-refractivity contribution in [3.05, 3.63) is 28.8 Å². The van der Waals surface area contributed by atoms with E-state index in [9.17, 15) is 9.90 Å². The molecule has 1 rings (SSSR count). The van der Waals surface area contributed by atoms with Gasteiger partial charge in [-0.15, -0.1) is 0 Å². The highest BCUT2D eigenvalue weighted by Gasteiger charge is 2.23. The van der Waals surface area contributed by atoms with Gasteiger partial charge in [0.1, 0.15) is 5.75 Å². The molecule has 0 aliphatic rings. The lowest BCUT2D eigenvalue weighted by Gasteiger charge is -2.22. The Bertz CT molecular complexity index is 431. The molecule has 94 valence electrons. The Hall–Kier alpha value is -1.35. The van der Waals surface area contributed by atoms with E-state index < -0.39 is 0 Å². The largest absolute Gasteiger partial charge is 0.507 e. The molecule has 0 atom stereocenters. The molecule has 0 aromatic heterocycles. The van der Waals surface area contributed by atoms with Gasteiger partial charge in [0.2, 0.25) is 0 Å². The summed E-state index contributed by atoms with van der Waals surface area (Å²) in [6, 6.07) is 3.78. The first-order chi connectivity index (χ1) is 7.79. The predicted octanol–water partition coefficient (Wildman–Crippen LogP) is 2.40. The number of phenolic OH excluding ortho intramolecular Hbond substituents is 1. The molecule has 0 bridgehead atoms. The van der Waals surface area contributed by atoms with Crippen LogP contribution in [0.4, 0.5) is 0 Å². The zero-order chi connectivity index (χ0) is 13.2. The van der Waals surface area contributed by atoms with Crippen LogP contribution in [0.1, 0.15) is 42.3 Å². The lowest BCUT2D eigenvalue weighted by Crippen LogP contribution is -2.21. The SMILES string of the molecule is CNCC(=O)c1c(C)ccc(C(C)(C)C)c1O. The molecule has 3 heteroatoms. The van der Waals surface area contributed by atoms with Crippen LogP contribution in [0.15, 0.2) is 12.1 Å². The fraction of sp³-hybridized carbons (Fsp3) is 0.500. The first-order valence-corrected chi connectivity index (χ1v) is 5.80. The van der Waals surface area contributed by atoms with Crippen LogP contribution < -0.4 is 5.32 Å². The Labute approximate surface area is 103 Å². The Morgan fingerprint density at radius 2 is 1.94 bits per heavy atom. The molecule has 2 N–H and O–H groups in total. The second-order valence-electron chi connectivity index (χ2n) is 5.36. The lowest BCUT2D eigenvalue weighted by molar-refractivity contribution is 0.0990. The van der Waals surface area contributed by atoms with Gasteiger partial charge >= 0.3 is 0 Å². The zero-order valence-electron chi connectivity index (χ0n) is 11.2. The number of phenols is 1. The maximum absolute atomic E-state index is 11.9. The number of ketones is 1. The summed E-state index contributed by atoms with van der Waals surface area (Å²) in [7, 11) is 1.72. The highest BCUT2D eigenvalue weighted by atomic mass is 16.3. The molecule has 0 heterocycles. The molecular weight excluding hydrogens is 214 g/mol. The Morgan fingerprint density at radius 1 is 1.35 bits per heavy atom. The third-order valence-electron chi connectivity index (χ3n) is 2.81. The van der Waals surface area contributed by atoms with Crippen LogP contribution in [0, 0.1) is 6.92 Å². The van der Waals surface area contributed by atoms with Crippen molar-refractivity contribution in [3.8, 4) is 5.75 Å². The minimum absolute atomic E-state index is 0.0754. The molecular formula is C14H21NO2. The predicted molar refractivity (Wildman–Crippen MR) is 69.8 cm³/mol. The molecule has 0 amide bonds. The molecule has 0 radical (unpaired) electrons. The van der Waals surface area contributed by atoms with E-state index in [1.807, 2.05) is 39.8 Å². The van der Waals surface area contributed by atoms with Crippen LogP contribution in [-0.2, 0) is 5.41 Å². The number of aryl methyl sites for hydroxylation is 1. The summed E-state index contributed by atoms with van der Waals surface area (Å²) >= 11 is 0. The van der Waals surface area contributed by atoms with Crippen LogP contribution >= 0.6 is 0 Å². The average molecular weight is 235 g/mol. The molecule has 1 aromatic carbocycles. The van der Waals surface area contributed by atoms with Crippen molar-refractivity contribution in [1.29, 1.82) is 0 Å². The van der Waals surface area contributed by atoms with Gasteiger partial charge < -0.3 is 10.4 Å². The van der Waals surface area contributed by atoms with Gasteiger partial charge in [0.05, 0.1) is 12.1 Å². The highest BCUT2D eigenvalue weighted by molar-refractivity contribution is 6.01. The summed E-state index contributed by atoms with van der Waals surface area (Å²) in [4.78, 5) is 11.9. The van der Waals surface area contributed by atoms with Gasteiger partial charge in [-0.3, -0.25) is 4.79 Å². The monoisotopic (exact) mass is 235 g/mol. The van der Waals surface area contributed by atoms with Crippen molar-refractivity contribution >= 4 is 5.78 Å². The first-order valence-electron chi connectivity index (χ1n) is 5.80. The summed E-state index contributed by atoms with van der Waals surface area (Å²) in [5.41, 5.74) is 1.89. The molecule has 3 nitrogen and oxygen atoms in total. The number of nitrogens with one attached hydrogen (secondary N) is 1. The van der Waals surface area contributed by atoms with E-state index >= 15 is 0 Å². The molecule has 0 unspecified atom stereocenters. The van der Waals surface area contributed by atoms with Crippen LogP contribution in [0.2, 0.25) is 0 Å². The van der Waals surface area contributed by atoms with Crippen molar-refractivity contribution in [2.75, 3.05) is 13.6 Å². The van der Waals surface area contributed by atoms with E-state index in [0.717, 1.165) is 11.1 Å². The van der Waals surface area contributed by atoms with Crippen molar-refractivity contribution in [2.45, 2.75) is 33.1 Å². The topological polar surface area (TPSA) is 49.3 Å². The van der Waals surface area contributed by atoms with Crippen LogP contribution in [-0.4, -0.2) is 24.5 Å². The van der Waals surface area contributed by atoms with E-state index in [1.54, 1.807) is 7.05 Å².